The molecule has 0 saturated heterocycles. The van der Waals surface area contributed by atoms with E-state index in [2.05, 4.69) is 10.2 Å². The summed E-state index contributed by atoms with van der Waals surface area (Å²) in [4.78, 5) is 0.342. The molecule has 1 atom stereocenters. The molecule has 6 heteroatoms. The maximum absolute atomic E-state index is 13.7. The Morgan fingerprint density at radius 2 is 1.78 bits per heavy atom. The molecule has 0 spiro atoms. The Bertz CT molecular complexity index is 818. The van der Waals surface area contributed by atoms with Crippen LogP contribution in [0.1, 0.15) is 23.6 Å². The minimum atomic E-state index is -0.598. The highest BCUT2D eigenvalue weighted by molar-refractivity contribution is 7.99. The molecule has 0 N–H and O–H groups in total. The minimum absolute atomic E-state index is 0.248. The summed E-state index contributed by atoms with van der Waals surface area (Å²) in [7, 11) is 0. The van der Waals surface area contributed by atoms with Crippen LogP contribution in [0.4, 0.5) is 8.78 Å². The monoisotopic (exact) mass is 332 g/mol. The number of rotatable bonds is 4. The van der Waals surface area contributed by atoms with Crippen molar-refractivity contribution in [1.82, 2.24) is 10.2 Å². The standard InChI is InChI=1S/C17H14F2N2OS/c1-10-3-5-12(6-4-10)17-21-20-16(22-17)11(2)23-15-8-7-13(18)9-14(15)19/h3-9,11H,1-2H3/t11-/m0/s1. The van der Waals surface area contributed by atoms with Crippen molar-refractivity contribution in [3.05, 3.63) is 65.6 Å². The average molecular weight is 332 g/mol. The second-order valence-corrected chi connectivity index (χ2v) is 6.53. The maximum Gasteiger partial charge on any atom is 0.247 e. The van der Waals surface area contributed by atoms with E-state index in [1.807, 2.05) is 38.1 Å². The summed E-state index contributed by atoms with van der Waals surface area (Å²) in [6.45, 7) is 3.83. The Balaban J connectivity index is 1.78. The second-order valence-electron chi connectivity index (χ2n) is 5.15. The predicted octanol–water partition coefficient (Wildman–Crippen LogP) is 5.18. The van der Waals surface area contributed by atoms with E-state index in [1.165, 1.54) is 23.9 Å². The zero-order chi connectivity index (χ0) is 16.4. The van der Waals surface area contributed by atoms with Crippen LogP contribution in [-0.4, -0.2) is 10.2 Å². The molecule has 0 amide bonds. The van der Waals surface area contributed by atoms with Crippen molar-refractivity contribution in [2.45, 2.75) is 24.0 Å². The Kier molecular flexibility index (Phi) is 4.43. The van der Waals surface area contributed by atoms with Crippen LogP contribution in [0.15, 0.2) is 51.8 Å². The molecule has 1 aromatic heterocycles. The molecule has 3 rings (SSSR count). The van der Waals surface area contributed by atoms with E-state index in [9.17, 15) is 8.78 Å². The quantitative estimate of drug-likeness (QED) is 0.617. The molecule has 118 valence electrons. The fraction of sp³-hybridized carbons (Fsp3) is 0.176. The third-order valence-electron chi connectivity index (χ3n) is 3.28. The summed E-state index contributed by atoms with van der Waals surface area (Å²) in [5, 5.41) is 7.81. The van der Waals surface area contributed by atoms with E-state index in [-0.39, 0.29) is 5.25 Å². The van der Waals surface area contributed by atoms with E-state index in [0.29, 0.717) is 16.7 Å². The van der Waals surface area contributed by atoms with E-state index >= 15 is 0 Å². The molecule has 23 heavy (non-hydrogen) atoms. The smallest absolute Gasteiger partial charge is 0.247 e. The zero-order valence-corrected chi connectivity index (χ0v) is 13.4. The Morgan fingerprint density at radius 1 is 1.04 bits per heavy atom. The number of benzene rings is 2. The molecule has 0 radical (unpaired) electrons. The van der Waals surface area contributed by atoms with Crippen LogP contribution in [0.25, 0.3) is 11.5 Å². The van der Waals surface area contributed by atoms with Gasteiger partial charge in [-0.1, -0.05) is 17.7 Å². The van der Waals surface area contributed by atoms with Gasteiger partial charge in [0.1, 0.15) is 11.6 Å². The highest BCUT2D eigenvalue weighted by Gasteiger charge is 2.18. The normalized spacial score (nSPS) is 12.3. The van der Waals surface area contributed by atoms with Gasteiger partial charge in [0.05, 0.1) is 5.25 Å². The summed E-state index contributed by atoms with van der Waals surface area (Å²) in [5.74, 6) is -0.375. The molecule has 3 aromatic rings. The van der Waals surface area contributed by atoms with Gasteiger partial charge >= 0.3 is 0 Å². The van der Waals surface area contributed by atoms with Crippen molar-refractivity contribution in [1.29, 1.82) is 0 Å². The van der Waals surface area contributed by atoms with Crippen LogP contribution < -0.4 is 0 Å². The first-order valence-electron chi connectivity index (χ1n) is 7.05. The molecular formula is C17H14F2N2OS. The van der Waals surface area contributed by atoms with Crippen molar-refractivity contribution >= 4 is 11.8 Å². The van der Waals surface area contributed by atoms with Crippen molar-refractivity contribution < 1.29 is 13.2 Å². The van der Waals surface area contributed by atoms with Crippen LogP contribution in [0.2, 0.25) is 0 Å². The lowest BCUT2D eigenvalue weighted by molar-refractivity contribution is 0.508. The van der Waals surface area contributed by atoms with Crippen molar-refractivity contribution in [2.24, 2.45) is 0 Å². The van der Waals surface area contributed by atoms with E-state index in [4.69, 9.17) is 4.42 Å². The molecular weight excluding hydrogens is 318 g/mol. The highest BCUT2D eigenvalue weighted by Crippen LogP contribution is 2.36. The van der Waals surface area contributed by atoms with Gasteiger partial charge in [0.25, 0.3) is 0 Å². The second kappa shape index (κ2) is 6.50. The van der Waals surface area contributed by atoms with Gasteiger partial charge in [-0.15, -0.1) is 22.0 Å². The molecule has 3 nitrogen and oxygen atoms in total. The molecule has 0 fully saturated rings. The Morgan fingerprint density at radius 3 is 2.48 bits per heavy atom. The summed E-state index contributed by atoms with van der Waals surface area (Å²) >= 11 is 1.21. The Hall–Kier alpha value is -2.21. The highest BCUT2D eigenvalue weighted by atomic mass is 32.2. The van der Waals surface area contributed by atoms with E-state index < -0.39 is 11.6 Å². The minimum Gasteiger partial charge on any atom is -0.419 e. The van der Waals surface area contributed by atoms with E-state index in [1.54, 1.807) is 0 Å². The van der Waals surface area contributed by atoms with Gasteiger partial charge in [-0.3, -0.25) is 0 Å². The van der Waals surface area contributed by atoms with Crippen LogP contribution in [-0.2, 0) is 0 Å². The predicted molar refractivity (Wildman–Crippen MR) is 85.1 cm³/mol. The van der Waals surface area contributed by atoms with Gasteiger partial charge < -0.3 is 4.42 Å². The van der Waals surface area contributed by atoms with Gasteiger partial charge in [-0.05, 0) is 38.1 Å². The fourth-order valence-electron chi connectivity index (χ4n) is 2.02. The van der Waals surface area contributed by atoms with Crippen molar-refractivity contribution in [3.8, 4) is 11.5 Å². The number of nitrogens with zero attached hydrogens (tertiary/aromatic N) is 2. The van der Waals surface area contributed by atoms with Gasteiger partial charge in [0.15, 0.2) is 0 Å². The summed E-state index contributed by atoms with van der Waals surface area (Å²) in [5.41, 5.74) is 1.98. The molecule has 0 aliphatic carbocycles. The first kappa shape index (κ1) is 15.7. The largest absolute Gasteiger partial charge is 0.419 e. The summed E-state index contributed by atoms with van der Waals surface area (Å²) in [6, 6.07) is 11.2. The Labute approximate surface area is 136 Å². The summed E-state index contributed by atoms with van der Waals surface area (Å²) in [6.07, 6.45) is 0. The van der Waals surface area contributed by atoms with Crippen LogP contribution >= 0.6 is 11.8 Å². The van der Waals surface area contributed by atoms with Crippen LogP contribution in [0.5, 0.6) is 0 Å². The number of halogens is 2. The third-order valence-corrected chi connectivity index (χ3v) is 4.42. The van der Waals surface area contributed by atoms with Crippen LogP contribution in [0, 0.1) is 18.6 Å². The molecule has 0 unspecified atom stereocenters. The molecule has 2 aromatic carbocycles. The third kappa shape index (κ3) is 3.59. The van der Waals surface area contributed by atoms with Crippen molar-refractivity contribution in [2.75, 3.05) is 0 Å². The number of aryl methyl sites for hydroxylation is 1. The average Bonchev–Trinajstić information content (AvgIpc) is 3.01. The number of hydrogen-bond donors (Lipinski definition) is 0. The molecule has 0 aliphatic rings. The molecule has 0 aliphatic heterocycles. The van der Waals surface area contributed by atoms with Gasteiger partial charge in [-0.25, -0.2) is 8.78 Å². The van der Waals surface area contributed by atoms with Gasteiger partial charge in [0.2, 0.25) is 11.8 Å². The number of thioether (sulfide) groups is 1. The SMILES string of the molecule is Cc1ccc(-c2nnc([C@H](C)Sc3ccc(F)cc3F)o2)cc1. The zero-order valence-electron chi connectivity index (χ0n) is 12.6. The lowest BCUT2D eigenvalue weighted by atomic mass is 10.1. The lowest BCUT2D eigenvalue weighted by Crippen LogP contribution is -1.91. The van der Waals surface area contributed by atoms with Gasteiger partial charge in [-0.2, -0.15) is 0 Å². The van der Waals surface area contributed by atoms with Crippen LogP contribution in [0.3, 0.4) is 0 Å². The fourth-order valence-corrected chi connectivity index (χ4v) is 2.92. The molecule has 0 bridgehead atoms. The molecule has 0 saturated carbocycles. The maximum atomic E-state index is 13.7. The molecule has 1 heterocycles. The lowest BCUT2D eigenvalue weighted by Gasteiger charge is -2.07. The number of hydrogen-bond acceptors (Lipinski definition) is 4. The van der Waals surface area contributed by atoms with E-state index in [0.717, 1.165) is 17.2 Å². The van der Waals surface area contributed by atoms with Gasteiger partial charge in [0, 0.05) is 16.5 Å². The first-order valence-corrected chi connectivity index (χ1v) is 7.93. The number of aromatic nitrogens is 2. The summed E-state index contributed by atoms with van der Waals surface area (Å²) < 4.78 is 32.3. The topological polar surface area (TPSA) is 38.9 Å². The first-order chi connectivity index (χ1) is 11.0. The van der Waals surface area contributed by atoms with Crippen molar-refractivity contribution in [3.63, 3.8) is 0 Å².